The number of hydrogen-bond donors (Lipinski definition) is 4. The normalized spacial score (nSPS) is 35.7. The Hall–Kier alpha value is -1.22. The standard InChI is InChI=1S/C20H20Cl2O6/c21-12-5-1-10(2-6-12)15-16(25)18-20(15,26)17(14(24)9-23)27-19(28-18)11-3-7-13(22)8-4-11/h1-8,14-19,23-26H,9H2/t14-,15?,16?,17-,18+,19?,20+/m1/s1. The first kappa shape index (κ1) is 20.1. The fourth-order valence-corrected chi connectivity index (χ4v) is 4.37. The lowest BCUT2D eigenvalue weighted by Gasteiger charge is -2.62. The van der Waals surface area contributed by atoms with Crippen molar-refractivity contribution in [3.8, 4) is 0 Å². The lowest BCUT2D eigenvalue weighted by atomic mass is 9.57. The highest BCUT2D eigenvalue weighted by molar-refractivity contribution is 6.30. The Morgan fingerprint density at radius 1 is 0.929 bits per heavy atom. The SMILES string of the molecule is OC[C@@H](O)[C@H]1OC(c2ccc(Cl)cc2)O[C@H]2C(O)C(c3ccc(Cl)cc3)[C@]12O. The second-order valence-corrected chi connectivity index (χ2v) is 8.03. The summed E-state index contributed by atoms with van der Waals surface area (Å²) in [5.74, 6) is -0.771. The minimum absolute atomic E-state index is 0.520. The van der Waals surface area contributed by atoms with Gasteiger partial charge in [0.15, 0.2) is 6.29 Å². The van der Waals surface area contributed by atoms with Crippen LogP contribution in [0.1, 0.15) is 23.3 Å². The molecule has 0 bridgehead atoms. The maximum atomic E-state index is 11.4. The van der Waals surface area contributed by atoms with Crippen LogP contribution < -0.4 is 0 Å². The molecular formula is C20H20Cl2O6. The van der Waals surface area contributed by atoms with Crippen LogP contribution in [-0.4, -0.2) is 57.0 Å². The van der Waals surface area contributed by atoms with Crippen LogP contribution in [0.4, 0.5) is 0 Å². The molecule has 1 saturated heterocycles. The van der Waals surface area contributed by atoms with Gasteiger partial charge in [0.1, 0.15) is 23.9 Å². The molecule has 0 spiro atoms. The van der Waals surface area contributed by atoms with Crippen LogP contribution in [0.25, 0.3) is 0 Å². The molecular weight excluding hydrogens is 407 g/mol. The monoisotopic (exact) mass is 426 g/mol. The van der Waals surface area contributed by atoms with Crippen LogP contribution >= 0.6 is 23.2 Å². The van der Waals surface area contributed by atoms with E-state index in [-0.39, 0.29) is 0 Å². The minimum Gasteiger partial charge on any atom is -0.394 e. The fourth-order valence-electron chi connectivity index (χ4n) is 4.12. The number of halogens is 2. The van der Waals surface area contributed by atoms with Crippen LogP contribution in [0.15, 0.2) is 48.5 Å². The Kier molecular flexibility index (Phi) is 5.41. The molecule has 150 valence electrons. The summed E-state index contributed by atoms with van der Waals surface area (Å²) in [6, 6.07) is 13.4. The van der Waals surface area contributed by atoms with Crippen molar-refractivity contribution in [3.05, 3.63) is 69.7 Å². The summed E-state index contributed by atoms with van der Waals surface area (Å²) in [7, 11) is 0. The van der Waals surface area contributed by atoms with Gasteiger partial charge in [0.25, 0.3) is 0 Å². The van der Waals surface area contributed by atoms with Gasteiger partial charge in [-0.3, -0.25) is 0 Å². The van der Waals surface area contributed by atoms with Crippen LogP contribution in [0.2, 0.25) is 10.0 Å². The summed E-state index contributed by atoms with van der Waals surface area (Å²) in [4.78, 5) is 0. The zero-order valence-corrected chi connectivity index (χ0v) is 16.2. The van der Waals surface area contributed by atoms with E-state index in [4.69, 9.17) is 32.7 Å². The Balaban J connectivity index is 1.68. The highest BCUT2D eigenvalue weighted by Gasteiger charge is 2.70. The molecule has 1 aliphatic heterocycles. The molecule has 2 aromatic rings. The van der Waals surface area contributed by atoms with E-state index in [1.54, 1.807) is 48.5 Å². The van der Waals surface area contributed by atoms with Crippen molar-refractivity contribution in [1.29, 1.82) is 0 Å². The van der Waals surface area contributed by atoms with Crippen molar-refractivity contribution in [2.24, 2.45) is 0 Å². The highest BCUT2D eigenvalue weighted by Crippen LogP contribution is 2.56. The van der Waals surface area contributed by atoms with E-state index in [2.05, 4.69) is 0 Å². The Labute approximate surface area is 171 Å². The molecule has 6 nitrogen and oxygen atoms in total. The van der Waals surface area contributed by atoms with E-state index in [1.807, 2.05) is 0 Å². The summed E-state index contributed by atoms with van der Waals surface area (Å²) < 4.78 is 11.7. The number of hydrogen-bond acceptors (Lipinski definition) is 6. The first-order valence-electron chi connectivity index (χ1n) is 8.87. The quantitative estimate of drug-likeness (QED) is 0.596. The van der Waals surface area contributed by atoms with Crippen molar-refractivity contribution >= 4 is 23.2 Å². The number of aliphatic hydroxyl groups excluding tert-OH is 3. The highest BCUT2D eigenvalue weighted by atomic mass is 35.5. The Morgan fingerprint density at radius 2 is 1.46 bits per heavy atom. The molecule has 0 amide bonds. The zero-order valence-electron chi connectivity index (χ0n) is 14.7. The molecule has 1 aliphatic carbocycles. The van der Waals surface area contributed by atoms with Crippen molar-refractivity contribution in [2.75, 3.05) is 6.61 Å². The van der Waals surface area contributed by atoms with Gasteiger partial charge in [-0.2, -0.15) is 0 Å². The van der Waals surface area contributed by atoms with Gasteiger partial charge in [0.05, 0.1) is 12.7 Å². The van der Waals surface area contributed by atoms with Gasteiger partial charge >= 0.3 is 0 Å². The van der Waals surface area contributed by atoms with Gasteiger partial charge in [0.2, 0.25) is 0 Å². The Morgan fingerprint density at radius 3 is 2.00 bits per heavy atom. The van der Waals surface area contributed by atoms with Gasteiger partial charge in [0, 0.05) is 21.5 Å². The van der Waals surface area contributed by atoms with Crippen molar-refractivity contribution < 1.29 is 29.9 Å². The van der Waals surface area contributed by atoms with Crippen molar-refractivity contribution in [1.82, 2.24) is 0 Å². The molecule has 1 heterocycles. The molecule has 1 saturated carbocycles. The average Bonchev–Trinajstić information content (AvgIpc) is 2.69. The molecule has 7 atom stereocenters. The van der Waals surface area contributed by atoms with Crippen LogP contribution in [0.5, 0.6) is 0 Å². The van der Waals surface area contributed by atoms with Gasteiger partial charge in [-0.05, 0) is 29.8 Å². The van der Waals surface area contributed by atoms with E-state index in [9.17, 15) is 20.4 Å². The molecule has 3 unspecified atom stereocenters. The first-order valence-corrected chi connectivity index (χ1v) is 9.63. The maximum absolute atomic E-state index is 11.4. The number of aliphatic hydroxyl groups is 4. The first-order chi connectivity index (χ1) is 13.4. The predicted octanol–water partition coefficient (Wildman–Crippen LogP) is 2.02. The van der Waals surface area contributed by atoms with E-state index >= 15 is 0 Å². The van der Waals surface area contributed by atoms with Gasteiger partial charge in [-0.25, -0.2) is 0 Å². The third-order valence-corrected chi connectivity index (χ3v) is 6.01. The fraction of sp³-hybridized carbons (Fsp3) is 0.400. The summed E-state index contributed by atoms with van der Waals surface area (Å²) in [6.45, 7) is -0.615. The van der Waals surface area contributed by atoms with Gasteiger partial charge < -0.3 is 29.9 Å². The molecule has 0 aromatic heterocycles. The molecule has 4 rings (SSSR count). The smallest absolute Gasteiger partial charge is 0.185 e. The molecule has 2 fully saturated rings. The van der Waals surface area contributed by atoms with E-state index in [0.717, 1.165) is 0 Å². The molecule has 8 heteroatoms. The third kappa shape index (κ3) is 3.14. The number of fused-ring (bicyclic) bond motifs is 1. The lowest BCUT2D eigenvalue weighted by Crippen LogP contribution is -2.78. The summed E-state index contributed by atoms with van der Waals surface area (Å²) >= 11 is 11.8. The molecule has 28 heavy (non-hydrogen) atoms. The van der Waals surface area contributed by atoms with Gasteiger partial charge in [-0.15, -0.1) is 0 Å². The van der Waals surface area contributed by atoms with Crippen molar-refractivity contribution in [2.45, 2.75) is 42.2 Å². The lowest BCUT2D eigenvalue weighted by molar-refractivity contribution is -0.403. The largest absolute Gasteiger partial charge is 0.394 e. The Bertz CT molecular complexity index is 830. The van der Waals surface area contributed by atoms with E-state index < -0.39 is 48.8 Å². The topological polar surface area (TPSA) is 99.4 Å². The predicted molar refractivity (Wildman–Crippen MR) is 102 cm³/mol. The molecule has 4 N–H and O–H groups in total. The summed E-state index contributed by atoms with van der Waals surface area (Å²) in [6.07, 6.45) is -5.52. The minimum atomic E-state index is -1.72. The number of ether oxygens (including phenoxy) is 2. The average molecular weight is 427 g/mol. The molecule has 2 aliphatic rings. The number of rotatable bonds is 4. The van der Waals surface area contributed by atoms with Crippen LogP contribution in [0, 0.1) is 0 Å². The second-order valence-electron chi connectivity index (χ2n) is 7.15. The molecule has 0 radical (unpaired) electrons. The number of benzene rings is 2. The van der Waals surface area contributed by atoms with Gasteiger partial charge in [-0.1, -0.05) is 47.5 Å². The third-order valence-electron chi connectivity index (χ3n) is 5.51. The second kappa shape index (κ2) is 7.55. The van der Waals surface area contributed by atoms with Crippen LogP contribution in [-0.2, 0) is 9.47 Å². The zero-order chi connectivity index (χ0) is 20.1. The summed E-state index contributed by atoms with van der Waals surface area (Å²) in [5.41, 5.74) is -0.482. The summed E-state index contributed by atoms with van der Waals surface area (Å²) in [5, 5.41) is 43.1. The van der Waals surface area contributed by atoms with Crippen LogP contribution in [0.3, 0.4) is 0 Å². The van der Waals surface area contributed by atoms with E-state index in [0.29, 0.717) is 21.2 Å². The van der Waals surface area contributed by atoms with Crippen molar-refractivity contribution in [3.63, 3.8) is 0 Å². The maximum Gasteiger partial charge on any atom is 0.185 e. The van der Waals surface area contributed by atoms with E-state index in [1.165, 1.54) is 0 Å². The molecule has 2 aromatic carbocycles.